The van der Waals surface area contributed by atoms with E-state index in [0.717, 1.165) is 9.37 Å². The number of rotatable bonds is 8. The maximum atomic E-state index is 12.8. The first-order chi connectivity index (χ1) is 15.3. The first kappa shape index (κ1) is 24.2. The lowest BCUT2D eigenvalue weighted by Gasteiger charge is -2.31. The summed E-state index contributed by atoms with van der Waals surface area (Å²) in [7, 11) is -3.54. The van der Waals surface area contributed by atoms with E-state index < -0.39 is 10.0 Å². The number of hydrogen-bond donors (Lipinski definition) is 2. The van der Waals surface area contributed by atoms with Gasteiger partial charge in [0.05, 0.1) is 43.9 Å². The number of quaternary nitrogens is 1. The number of hydrazone groups is 1. The first-order valence-corrected chi connectivity index (χ1v) is 12.4. The van der Waals surface area contributed by atoms with Crippen LogP contribution in [-0.2, 0) is 14.8 Å². The molecule has 3 rings (SSSR count). The molecule has 2 aromatic carbocycles. The van der Waals surface area contributed by atoms with Crippen LogP contribution < -0.4 is 20.2 Å². The van der Waals surface area contributed by atoms with Gasteiger partial charge in [0.15, 0.2) is 6.54 Å². The van der Waals surface area contributed by atoms with Gasteiger partial charge < -0.3 is 14.7 Å². The second-order valence-corrected chi connectivity index (χ2v) is 10.1. The van der Waals surface area contributed by atoms with E-state index >= 15 is 0 Å². The second-order valence-electron chi connectivity index (χ2n) is 7.22. The van der Waals surface area contributed by atoms with E-state index in [2.05, 4.69) is 26.5 Å². The molecule has 0 spiro atoms. The average Bonchev–Trinajstić information content (AvgIpc) is 2.77. The molecule has 1 amide bonds. The summed E-state index contributed by atoms with van der Waals surface area (Å²) in [5, 5.41) is 15.6. The Kier molecular flexibility index (Phi) is 8.24. The number of amides is 1. The quantitative estimate of drug-likeness (QED) is 0.371. The van der Waals surface area contributed by atoms with Gasteiger partial charge in [-0.05, 0) is 42.8 Å². The van der Waals surface area contributed by atoms with Gasteiger partial charge in [-0.25, -0.2) is 13.8 Å². The zero-order valence-electron chi connectivity index (χ0n) is 17.6. The molecular weight excluding hydrogens is 500 g/mol. The molecule has 2 N–H and O–H groups in total. The van der Waals surface area contributed by atoms with E-state index in [1.165, 1.54) is 16.6 Å². The molecule has 11 heteroatoms. The molecule has 0 radical (unpaired) electrons. The molecule has 172 valence electrons. The molecule has 0 atom stereocenters. The summed E-state index contributed by atoms with van der Waals surface area (Å²) in [5.41, 5.74) is 3.10. The van der Waals surface area contributed by atoms with Crippen molar-refractivity contribution in [1.82, 2.24) is 9.73 Å². The number of benzene rings is 2. The summed E-state index contributed by atoms with van der Waals surface area (Å²) in [6.45, 7) is 4.09. The zero-order chi connectivity index (χ0) is 23.1. The summed E-state index contributed by atoms with van der Waals surface area (Å²) < 4.78 is 33.1. The van der Waals surface area contributed by atoms with Crippen LogP contribution in [0.25, 0.3) is 0 Å². The number of carbonyl (C=O) groups is 1. The molecule has 0 aliphatic carbocycles. The summed E-state index contributed by atoms with van der Waals surface area (Å²) in [6.07, 6.45) is 1.44. The Bertz CT molecular complexity index is 1070. The summed E-state index contributed by atoms with van der Waals surface area (Å²) in [4.78, 5) is 13.4. The van der Waals surface area contributed by atoms with Gasteiger partial charge in [0.25, 0.3) is 5.91 Å². The molecule has 2 aromatic rings. The molecular formula is C21H25BrN4O5S. The fourth-order valence-electron chi connectivity index (χ4n) is 3.29. The Morgan fingerprint density at radius 1 is 1.25 bits per heavy atom. The Morgan fingerprint density at radius 2 is 1.94 bits per heavy atom. The molecule has 1 heterocycles. The normalized spacial score (nSPS) is 15.7. The van der Waals surface area contributed by atoms with E-state index in [9.17, 15) is 18.3 Å². The monoisotopic (exact) mass is 524 g/mol. The van der Waals surface area contributed by atoms with Gasteiger partial charge in [0.1, 0.15) is 5.75 Å². The molecule has 0 saturated carbocycles. The first-order valence-electron chi connectivity index (χ1n) is 10.1. The van der Waals surface area contributed by atoms with Crippen molar-refractivity contribution < 1.29 is 28.0 Å². The van der Waals surface area contributed by atoms with Gasteiger partial charge in [0.2, 0.25) is 10.0 Å². The number of hydrogen-bond acceptors (Lipinski definition) is 6. The van der Waals surface area contributed by atoms with Gasteiger partial charge >= 0.3 is 0 Å². The van der Waals surface area contributed by atoms with Crippen molar-refractivity contribution in [2.24, 2.45) is 5.10 Å². The molecule has 0 unspecified atom stereocenters. The third-order valence-corrected chi connectivity index (χ3v) is 7.40. The summed E-state index contributed by atoms with van der Waals surface area (Å²) >= 11 is 3.30. The maximum Gasteiger partial charge on any atom is 0.295 e. The number of ether oxygens (including phenoxy) is 1. The molecule has 1 aliphatic rings. The molecule has 0 bridgehead atoms. The Hall–Kier alpha value is -2.47. The van der Waals surface area contributed by atoms with Gasteiger partial charge in [-0.1, -0.05) is 33.8 Å². The highest BCUT2D eigenvalue weighted by Gasteiger charge is 2.31. The van der Waals surface area contributed by atoms with Crippen molar-refractivity contribution in [3.63, 3.8) is 0 Å². The van der Waals surface area contributed by atoms with Gasteiger partial charge in [-0.15, -0.1) is 0 Å². The fourth-order valence-corrected chi connectivity index (χ4v) is 5.00. The van der Waals surface area contributed by atoms with Crippen molar-refractivity contribution in [2.75, 3.05) is 39.3 Å². The van der Waals surface area contributed by atoms with E-state index in [0.29, 0.717) is 38.3 Å². The molecule has 32 heavy (non-hydrogen) atoms. The lowest BCUT2D eigenvalue weighted by atomic mass is 10.2. The minimum atomic E-state index is -3.54. The molecule has 1 aliphatic heterocycles. The molecule has 1 saturated heterocycles. The Morgan fingerprint density at radius 3 is 2.59 bits per heavy atom. The topological polar surface area (TPSA) is 116 Å². The highest BCUT2D eigenvalue weighted by atomic mass is 79.9. The number of halogens is 1. The number of nitrogens with one attached hydrogen (secondary N) is 2. The maximum absolute atomic E-state index is 12.8. The molecule has 0 aromatic heterocycles. The zero-order valence-corrected chi connectivity index (χ0v) is 20.0. The van der Waals surface area contributed by atoms with Crippen LogP contribution in [0.2, 0.25) is 0 Å². The van der Waals surface area contributed by atoms with Crippen molar-refractivity contribution in [1.29, 1.82) is 0 Å². The van der Waals surface area contributed by atoms with E-state index in [4.69, 9.17) is 4.74 Å². The smallest absolute Gasteiger partial charge is 0.295 e. The number of sulfonamides is 1. The van der Waals surface area contributed by atoms with Crippen LogP contribution in [0.3, 0.4) is 0 Å². The highest BCUT2D eigenvalue weighted by molar-refractivity contribution is 9.10. The van der Waals surface area contributed by atoms with Crippen LogP contribution in [0.1, 0.15) is 12.5 Å². The lowest BCUT2D eigenvalue weighted by Crippen LogP contribution is -3.15. The van der Waals surface area contributed by atoms with Crippen LogP contribution in [0, 0.1) is 0 Å². The molecule has 1 fully saturated rings. The van der Waals surface area contributed by atoms with Crippen molar-refractivity contribution in [3.8, 4) is 11.5 Å². The van der Waals surface area contributed by atoms with Crippen LogP contribution in [0.5, 0.6) is 11.5 Å². The number of carbonyl (C=O) groups excluding carboxylic acids is 1. The third kappa shape index (κ3) is 6.28. The van der Waals surface area contributed by atoms with Crippen molar-refractivity contribution in [2.45, 2.75) is 11.8 Å². The molecule has 9 nitrogen and oxygen atoms in total. The predicted molar refractivity (Wildman–Crippen MR) is 121 cm³/mol. The predicted octanol–water partition coefficient (Wildman–Crippen LogP) is -0.0391. The van der Waals surface area contributed by atoms with Crippen LogP contribution in [0.15, 0.2) is 56.9 Å². The highest BCUT2D eigenvalue weighted by Crippen LogP contribution is 2.23. The SMILES string of the molecule is CCOc1cc(C=NNC(=O)C[NH+]2CCN(S(=O)(=O)c3ccc(Br)cc3)CC2)ccc1[O-]. The van der Waals surface area contributed by atoms with E-state index in [1.54, 1.807) is 43.3 Å². The largest absolute Gasteiger partial charge is 0.870 e. The van der Waals surface area contributed by atoms with Gasteiger partial charge in [-0.2, -0.15) is 9.41 Å². The average molecular weight is 525 g/mol. The minimum absolute atomic E-state index is 0.188. The second kappa shape index (κ2) is 10.9. The van der Waals surface area contributed by atoms with E-state index in [-0.39, 0.29) is 28.8 Å². The Labute approximate surface area is 195 Å². The van der Waals surface area contributed by atoms with Crippen LogP contribution >= 0.6 is 15.9 Å². The standard InChI is InChI=1S/C21H25BrN4O5S/c1-2-31-20-13-16(3-8-19(20)27)14-23-24-21(28)15-25-9-11-26(12-10-25)32(29,30)18-6-4-17(22)5-7-18/h3-8,13-14,27H,2,9-12,15H2,1H3,(H,24,28). The fraction of sp³-hybridized carbons (Fsp3) is 0.333. The lowest BCUT2D eigenvalue weighted by molar-refractivity contribution is -0.895. The van der Waals surface area contributed by atoms with Crippen LogP contribution in [0.4, 0.5) is 0 Å². The van der Waals surface area contributed by atoms with Crippen molar-refractivity contribution >= 4 is 38.1 Å². The van der Waals surface area contributed by atoms with Gasteiger partial charge in [-0.3, -0.25) is 4.79 Å². The van der Waals surface area contributed by atoms with Gasteiger partial charge in [0, 0.05) is 4.47 Å². The van der Waals surface area contributed by atoms with Crippen LogP contribution in [-0.4, -0.2) is 64.2 Å². The summed E-state index contributed by atoms with van der Waals surface area (Å²) in [5.74, 6) is -0.243. The minimum Gasteiger partial charge on any atom is -0.870 e. The summed E-state index contributed by atoms with van der Waals surface area (Å²) in [6, 6.07) is 11.1. The van der Waals surface area contributed by atoms with Crippen molar-refractivity contribution in [3.05, 3.63) is 52.5 Å². The Balaban J connectivity index is 1.48. The number of nitrogens with zero attached hydrogens (tertiary/aromatic N) is 2. The third-order valence-electron chi connectivity index (χ3n) is 4.96. The van der Waals surface area contributed by atoms with E-state index in [1.807, 2.05) is 0 Å². The number of piperazine rings is 1.